The number of nitrogens with zero attached hydrogens (tertiary/aromatic N) is 1. The van der Waals surface area contributed by atoms with Gasteiger partial charge in [0.2, 0.25) is 5.76 Å². The number of rotatable bonds is 7. The van der Waals surface area contributed by atoms with Crippen LogP contribution in [0.5, 0.6) is 0 Å². The van der Waals surface area contributed by atoms with Crippen LogP contribution in [0.15, 0.2) is 101 Å². The quantitative estimate of drug-likeness (QED) is 0.356. The van der Waals surface area contributed by atoms with Gasteiger partial charge in [-0.3, -0.25) is 0 Å². The van der Waals surface area contributed by atoms with Crippen molar-refractivity contribution in [1.29, 1.82) is 5.26 Å². The van der Waals surface area contributed by atoms with E-state index in [0.29, 0.717) is 5.56 Å². The second kappa shape index (κ2) is 9.55. The summed E-state index contributed by atoms with van der Waals surface area (Å²) in [5.41, 5.74) is 3.26. The maximum absolute atomic E-state index is 12.6. The molecule has 33 heavy (non-hydrogen) atoms. The van der Waals surface area contributed by atoms with Gasteiger partial charge in [-0.15, -0.1) is 0 Å². The first kappa shape index (κ1) is 22.1. The molecule has 6 nitrogen and oxygen atoms in total. The van der Waals surface area contributed by atoms with E-state index in [9.17, 15) is 18.5 Å². The van der Waals surface area contributed by atoms with Crippen molar-refractivity contribution in [2.75, 3.05) is 0 Å². The molecular formula is C26H19NO5S. The summed E-state index contributed by atoms with van der Waals surface area (Å²) in [5, 5.41) is 9.27. The molecule has 0 atom stereocenters. The van der Waals surface area contributed by atoms with Crippen LogP contribution in [0.4, 0.5) is 0 Å². The van der Waals surface area contributed by atoms with E-state index in [-0.39, 0.29) is 28.6 Å². The Hall–Kier alpha value is -4.15. The summed E-state index contributed by atoms with van der Waals surface area (Å²) in [4.78, 5) is 12.7. The van der Waals surface area contributed by atoms with E-state index in [1.165, 1.54) is 24.5 Å². The van der Waals surface area contributed by atoms with Crippen LogP contribution in [0.1, 0.15) is 27.2 Å². The Morgan fingerprint density at radius 1 is 0.909 bits per heavy atom. The molecule has 0 saturated carbocycles. The van der Waals surface area contributed by atoms with Crippen molar-refractivity contribution in [3.63, 3.8) is 0 Å². The topological polar surface area (TPSA) is 97.4 Å². The molecule has 0 amide bonds. The number of hydrogen-bond acceptors (Lipinski definition) is 6. The summed E-state index contributed by atoms with van der Waals surface area (Å²) in [7, 11) is -3.63. The number of carbonyl (C=O) groups is 1. The third-order valence-electron chi connectivity index (χ3n) is 5.06. The summed E-state index contributed by atoms with van der Waals surface area (Å²) in [6.07, 6.45) is 1.27. The molecule has 3 aromatic carbocycles. The third-order valence-corrected chi connectivity index (χ3v) is 6.74. The van der Waals surface area contributed by atoms with Gasteiger partial charge in [0.15, 0.2) is 9.84 Å². The van der Waals surface area contributed by atoms with Crippen LogP contribution in [-0.2, 0) is 26.9 Å². The standard InChI is InChI=1S/C26H19NO5S/c27-16-21-6-4-5-9-24(21)20-12-10-19(11-13-20)17-32-26(28)25-22(14-15-31-25)18-33(29,30)23-7-2-1-3-8-23/h1-15H,17-18H2. The van der Waals surface area contributed by atoms with Crippen LogP contribution in [0, 0.1) is 11.3 Å². The molecule has 0 aliphatic rings. The molecule has 0 aliphatic carbocycles. The Balaban J connectivity index is 1.43. The lowest BCUT2D eigenvalue weighted by molar-refractivity contribution is 0.0435. The van der Waals surface area contributed by atoms with Crippen molar-refractivity contribution < 1.29 is 22.4 Å². The smallest absolute Gasteiger partial charge is 0.374 e. The number of carbonyl (C=O) groups excluding carboxylic acids is 1. The number of nitriles is 1. The van der Waals surface area contributed by atoms with Crippen molar-refractivity contribution in [1.82, 2.24) is 0 Å². The predicted octanol–water partition coefficient (Wildman–Crippen LogP) is 5.15. The van der Waals surface area contributed by atoms with Crippen molar-refractivity contribution >= 4 is 15.8 Å². The van der Waals surface area contributed by atoms with Crippen molar-refractivity contribution in [3.05, 3.63) is 114 Å². The van der Waals surface area contributed by atoms with Gasteiger partial charge in [0.05, 0.1) is 28.5 Å². The van der Waals surface area contributed by atoms with Gasteiger partial charge in [-0.25, -0.2) is 13.2 Å². The average Bonchev–Trinajstić information content (AvgIpc) is 3.31. The molecule has 0 radical (unpaired) electrons. The van der Waals surface area contributed by atoms with E-state index in [2.05, 4.69) is 6.07 Å². The highest BCUT2D eigenvalue weighted by atomic mass is 32.2. The molecule has 1 heterocycles. The fourth-order valence-corrected chi connectivity index (χ4v) is 4.75. The lowest BCUT2D eigenvalue weighted by Crippen LogP contribution is -2.10. The fourth-order valence-electron chi connectivity index (χ4n) is 3.37. The number of sulfone groups is 1. The summed E-state index contributed by atoms with van der Waals surface area (Å²) in [5.74, 6) is -1.24. The summed E-state index contributed by atoms with van der Waals surface area (Å²) in [6.45, 7) is -0.00934. The lowest BCUT2D eigenvalue weighted by Gasteiger charge is -2.08. The van der Waals surface area contributed by atoms with E-state index >= 15 is 0 Å². The Morgan fingerprint density at radius 2 is 1.61 bits per heavy atom. The monoisotopic (exact) mass is 457 g/mol. The zero-order valence-corrected chi connectivity index (χ0v) is 18.3. The average molecular weight is 458 g/mol. The third kappa shape index (κ3) is 5.03. The van der Waals surface area contributed by atoms with Gasteiger partial charge in [-0.2, -0.15) is 5.26 Å². The normalized spacial score (nSPS) is 11.0. The molecular weight excluding hydrogens is 438 g/mol. The van der Waals surface area contributed by atoms with Crippen molar-refractivity contribution in [3.8, 4) is 17.2 Å². The maximum Gasteiger partial charge on any atom is 0.374 e. The Bertz CT molecular complexity index is 1420. The first-order valence-electron chi connectivity index (χ1n) is 10.1. The molecule has 0 bridgehead atoms. The largest absolute Gasteiger partial charge is 0.457 e. The van der Waals surface area contributed by atoms with E-state index in [4.69, 9.17) is 9.15 Å². The van der Waals surface area contributed by atoms with E-state index in [1.54, 1.807) is 36.4 Å². The minimum absolute atomic E-state index is 0.00934. The first-order valence-corrected chi connectivity index (χ1v) is 11.7. The van der Waals surface area contributed by atoms with Gasteiger partial charge < -0.3 is 9.15 Å². The molecule has 0 spiro atoms. The number of ether oxygens (including phenoxy) is 1. The van der Waals surface area contributed by atoms with Crippen LogP contribution in [0.3, 0.4) is 0 Å². The zero-order valence-electron chi connectivity index (χ0n) is 17.5. The lowest BCUT2D eigenvalue weighted by atomic mass is 9.99. The Morgan fingerprint density at radius 3 is 2.33 bits per heavy atom. The van der Waals surface area contributed by atoms with Gasteiger partial charge in [0.25, 0.3) is 0 Å². The summed E-state index contributed by atoms with van der Waals surface area (Å²) in [6, 6.07) is 26.3. The number of furan rings is 1. The number of esters is 1. The molecule has 1 aromatic heterocycles. The predicted molar refractivity (Wildman–Crippen MR) is 122 cm³/mol. The molecule has 4 rings (SSSR count). The highest BCUT2D eigenvalue weighted by Crippen LogP contribution is 2.24. The molecule has 7 heteroatoms. The fraction of sp³-hybridized carbons (Fsp3) is 0.0769. The van der Waals surface area contributed by atoms with E-state index in [1.807, 2.05) is 30.3 Å². The van der Waals surface area contributed by atoms with Crippen LogP contribution in [0.2, 0.25) is 0 Å². The SMILES string of the molecule is N#Cc1ccccc1-c1ccc(COC(=O)c2occc2CS(=O)(=O)c2ccccc2)cc1. The first-order chi connectivity index (χ1) is 16.0. The highest BCUT2D eigenvalue weighted by molar-refractivity contribution is 7.90. The van der Waals surface area contributed by atoms with E-state index < -0.39 is 15.8 Å². The van der Waals surface area contributed by atoms with Gasteiger partial charge >= 0.3 is 5.97 Å². The van der Waals surface area contributed by atoms with Gasteiger partial charge in [0, 0.05) is 5.56 Å². The molecule has 0 fully saturated rings. The summed E-state index contributed by atoms with van der Waals surface area (Å²) < 4.78 is 35.8. The molecule has 0 aliphatic heterocycles. The van der Waals surface area contributed by atoms with Crippen LogP contribution in [0.25, 0.3) is 11.1 Å². The van der Waals surface area contributed by atoms with Gasteiger partial charge in [0.1, 0.15) is 6.61 Å². The number of hydrogen-bond donors (Lipinski definition) is 0. The van der Waals surface area contributed by atoms with Crippen LogP contribution in [-0.4, -0.2) is 14.4 Å². The molecule has 0 unspecified atom stereocenters. The Labute approximate surface area is 191 Å². The Kier molecular flexibility index (Phi) is 6.38. The maximum atomic E-state index is 12.6. The molecule has 164 valence electrons. The van der Waals surface area contributed by atoms with E-state index in [0.717, 1.165) is 16.7 Å². The minimum Gasteiger partial charge on any atom is -0.457 e. The van der Waals surface area contributed by atoms with Crippen molar-refractivity contribution in [2.45, 2.75) is 17.3 Å². The van der Waals surface area contributed by atoms with Crippen LogP contribution >= 0.6 is 0 Å². The molecule has 4 aromatic rings. The second-order valence-corrected chi connectivity index (χ2v) is 9.27. The van der Waals surface area contributed by atoms with Crippen LogP contribution < -0.4 is 0 Å². The minimum atomic E-state index is -3.63. The van der Waals surface area contributed by atoms with Gasteiger partial charge in [-0.05, 0) is 41.0 Å². The number of benzene rings is 3. The second-order valence-electron chi connectivity index (χ2n) is 7.28. The molecule has 0 N–H and O–H groups in total. The van der Waals surface area contributed by atoms with Gasteiger partial charge in [-0.1, -0.05) is 60.7 Å². The summed E-state index contributed by atoms with van der Waals surface area (Å²) >= 11 is 0. The zero-order chi connectivity index (χ0) is 23.3. The molecule has 0 saturated heterocycles. The van der Waals surface area contributed by atoms with Crippen molar-refractivity contribution in [2.24, 2.45) is 0 Å². The highest BCUT2D eigenvalue weighted by Gasteiger charge is 2.23.